The van der Waals surface area contributed by atoms with Crippen LogP contribution in [-0.2, 0) is 4.79 Å². The second kappa shape index (κ2) is 3.27. The number of nitrogens with zero attached hydrogens (tertiary/aromatic N) is 2. The third-order valence-corrected chi connectivity index (χ3v) is 3.45. The van der Waals surface area contributed by atoms with E-state index in [1.54, 1.807) is 0 Å². The summed E-state index contributed by atoms with van der Waals surface area (Å²) in [6.07, 6.45) is 4.21. The van der Waals surface area contributed by atoms with E-state index in [4.69, 9.17) is 0 Å². The summed E-state index contributed by atoms with van der Waals surface area (Å²) in [4.78, 5) is 18.4. The number of aliphatic imine (C=N–C) groups is 1. The zero-order chi connectivity index (χ0) is 11.3. The van der Waals surface area contributed by atoms with E-state index in [1.807, 2.05) is 6.92 Å². The highest BCUT2D eigenvalue weighted by molar-refractivity contribution is 6.01. The van der Waals surface area contributed by atoms with Crippen LogP contribution in [0.15, 0.2) is 28.5 Å². The van der Waals surface area contributed by atoms with Crippen molar-refractivity contribution < 1.29 is 9.18 Å². The Hall–Kier alpha value is -1.45. The smallest absolute Gasteiger partial charge is 0.162 e. The Morgan fingerprint density at radius 2 is 2.44 bits per heavy atom. The molecule has 4 heteroatoms. The minimum Gasteiger partial charge on any atom is -0.350 e. The van der Waals surface area contributed by atoms with Gasteiger partial charge in [-0.25, -0.2) is 4.39 Å². The minimum absolute atomic E-state index is 0.0318. The predicted octanol–water partition coefficient (Wildman–Crippen LogP) is 1.61. The van der Waals surface area contributed by atoms with Crippen molar-refractivity contribution in [2.75, 3.05) is 6.54 Å². The summed E-state index contributed by atoms with van der Waals surface area (Å²) < 4.78 is 13.4. The lowest BCUT2D eigenvalue weighted by Crippen LogP contribution is -2.48. The Labute approximate surface area is 93.3 Å². The molecule has 1 saturated heterocycles. The Balaban J connectivity index is 2.07. The monoisotopic (exact) mass is 220 g/mol. The van der Waals surface area contributed by atoms with Crippen LogP contribution in [0.1, 0.15) is 19.8 Å². The topological polar surface area (TPSA) is 32.7 Å². The molecule has 1 fully saturated rings. The average molecular weight is 220 g/mol. The molecule has 0 amide bonds. The van der Waals surface area contributed by atoms with Crippen molar-refractivity contribution in [3.05, 3.63) is 23.6 Å². The number of Topliss-reactive ketones (excluding diaryl/α,β-unsaturated/α-hetero) is 1. The fraction of sp³-hybridized carbons (Fsp3) is 0.500. The van der Waals surface area contributed by atoms with Crippen LogP contribution in [0.2, 0.25) is 0 Å². The first-order chi connectivity index (χ1) is 7.70. The number of allylic oxidation sites excluding steroid dienone is 2. The molecule has 0 spiro atoms. The Morgan fingerprint density at radius 3 is 3.19 bits per heavy atom. The lowest BCUT2D eigenvalue weighted by molar-refractivity contribution is -0.117. The van der Waals surface area contributed by atoms with Gasteiger partial charge in [0, 0.05) is 25.0 Å². The van der Waals surface area contributed by atoms with Gasteiger partial charge in [-0.05, 0) is 12.2 Å². The quantitative estimate of drug-likeness (QED) is 0.672. The summed E-state index contributed by atoms with van der Waals surface area (Å²) in [5, 5.41) is 0. The van der Waals surface area contributed by atoms with E-state index >= 15 is 0 Å². The molecule has 0 aromatic heterocycles. The molecule has 0 aromatic rings. The Bertz CT molecular complexity index is 450. The van der Waals surface area contributed by atoms with E-state index in [-0.39, 0.29) is 23.7 Å². The van der Waals surface area contributed by atoms with E-state index < -0.39 is 0 Å². The van der Waals surface area contributed by atoms with Gasteiger partial charge in [-0.3, -0.25) is 9.79 Å². The van der Waals surface area contributed by atoms with Crippen molar-refractivity contribution in [3.63, 3.8) is 0 Å². The molecule has 0 radical (unpaired) electrons. The van der Waals surface area contributed by atoms with Gasteiger partial charge < -0.3 is 4.90 Å². The second-order valence-corrected chi connectivity index (χ2v) is 4.35. The largest absolute Gasteiger partial charge is 0.350 e. The summed E-state index contributed by atoms with van der Waals surface area (Å²) in [5.74, 6) is 0.744. The summed E-state index contributed by atoms with van der Waals surface area (Å²) in [6.45, 7) is 2.76. The van der Waals surface area contributed by atoms with Gasteiger partial charge >= 0.3 is 0 Å². The van der Waals surface area contributed by atoms with E-state index in [0.29, 0.717) is 12.0 Å². The van der Waals surface area contributed by atoms with Crippen molar-refractivity contribution in [1.29, 1.82) is 0 Å². The van der Waals surface area contributed by atoms with Gasteiger partial charge in [-0.2, -0.15) is 0 Å². The Kier molecular flexibility index (Phi) is 1.99. The maximum absolute atomic E-state index is 13.4. The van der Waals surface area contributed by atoms with E-state index in [9.17, 15) is 9.18 Å². The molecule has 2 unspecified atom stereocenters. The van der Waals surface area contributed by atoms with Gasteiger partial charge in [0.25, 0.3) is 0 Å². The maximum Gasteiger partial charge on any atom is 0.162 e. The lowest BCUT2D eigenvalue weighted by atomic mass is 9.87. The van der Waals surface area contributed by atoms with E-state index in [2.05, 4.69) is 9.89 Å². The number of amidine groups is 1. The fourth-order valence-corrected chi connectivity index (χ4v) is 2.76. The number of piperidine rings is 1. The first-order valence-electron chi connectivity index (χ1n) is 5.66. The lowest BCUT2D eigenvalue weighted by Gasteiger charge is -2.36. The molecule has 3 aliphatic rings. The molecule has 2 heterocycles. The molecule has 16 heavy (non-hydrogen) atoms. The first kappa shape index (κ1) is 9.75. The third kappa shape index (κ3) is 1.19. The van der Waals surface area contributed by atoms with Crippen molar-refractivity contribution in [1.82, 2.24) is 4.90 Å². The zero-order valence-electron chi connectivity index (χ0n) is 9.11. The molecule has 2 aliphatic heterocycles. The van der Waals surface area contributed by atoms with Crippen LogP contribution in [0, 0.1) is 0 Å². The number of halogens is 1. The molecule has 1 aliphatic carbocycles. The summed E-state index contributed by atoms with van der Waals surface area (Å²) >= 11 is 0. The molecular weight excluding hydrogens is 207 g/mol. The minimum atomic E-state index is -0.326. The molecular formula is C12H13FN2O. The molecule has 84 valence electrons. The van der Waals surface area contributed by atoms with Gasteiger partial charge in [0.2, 0.25) is 0 Å². The van der Waals surface area contributed by atoms with Crippen LogP contribution < -0.4 is 0 Å². The number of rotatable bonds is 1. The SMILES string of the molecule is CCC1=NC2C=C(F)C=C3C(=O)CCN1C32. The van der Waals surface area contributed by atoms with Gasteiger partial charge in [-0.1, -0.05) is 6.92 Å². The molecule has 0 aromatic carbocycles. The van der Waals surface area contributed by atoms with Crippen molar-refractivity contribution in [2.24, 2.45) is 4.99 Å². The summed E-state index contributed by atoms with van der Waals surface area (Å²) in [7, 11) is 0. The highest BCUT2D eigenvalue weighted by Crippen LogP contribution is 2.35. The first-order valence-corrected chi connectivity index (χ1v) is 5.66. The second-order valence-electron chi connectivity index (χ2n) is 4.35. The Morgan fingerprint density at radius 1 is 1.62 bits per heavy atom. The van der Waals surface area contributed by atoms with Crippen molar-refractivity contribution in [3.8, 4) is 0 Å². The number of ketones is 1. The third-order valence-electron chi connectivity index (χ3n) is 3.45. The van der Waals surface area contributed by atoms with Gasteiger partial charge in [0.05, 0.1) is 12.1 Å². The van der Waals surface area contributed by atoms with Crippen LogP contribution >= 0.6 is 0 Å². The van der Waals surface area contributed by atoms with Crippen LogP contribution in [0.5, 0.6) is 0 Å². The van der Waals surface area contributed by atoms with Crippen LogP contribution in [0.4, 0.5) is 4.39 Å². The fourth-order valence-electron chi connectivity index (χ4n) is 2.76. The zero-order valence-corrected chi connectivity index (χ0v) is 9.11. The molecule has 0 bridgehead atoms. The number of hydrogen-bond donors (Lipinski definition) is 0. The molecule has 0 saturated carbocycles. The summed E-state index contributed by atoms with van der Waals surface area (Å²) in [5.41, 5.74) is 0.600. The van der Waals surface area contributed by atoms with E-state index in [1.165, 1.54) is 12.2 Å². The van der Waals surface area contributed by atoms with Gasteiger partial charge in [0.1, 0.15) is 11.7 Å². The van der Waals surface area contributed by atoms with Gasteiger partial charge in [0.15, 0.2) is 5.78 Å². The summed E-state index contributed by atoms with van der Waals surface area (Å²) in [6, 6.07) is -0.227. The van der Waals surface area contributed by atoms with E-state index in [0.717, 1.165) is 18.8 Å². The standard InChI is InChI=1S/C12H13FN2O/c1-2-11-14-9-6-7(13)5-8-10(16)3-4-15(11)12(8)9/h5-6,9,12H,2-4H2,1H3. The maximum atomic E-state index is 13.4. The number of carbonyl (C=O) groups is 1. The van der Waals surface area contributed by atoms with Crippen molar-refractivity contribution >= 4 is 11.6 Å². The van der Waals surface area contributed by atoms with Crippen LogP contribution in [0.25, 0.3) is 0 Å². The molecule has 3 rings (SSSR count). The average Bonchev–Trinajstić information content (AvgIpc) is 2.62. The highest BCUT2D eigenvalue weighted by Gasteiger charge is 2.43. The predicted molar refractivity (Wildman–Crippen MR) is 58.9 cm³/mol. The molecule has 3 nitrogen and oxygen atoms in total. The number of hydrogen-bond acceptors (Lipinski definition) is 3. The van der Waals surface area contributed by atoms with Crippen molar-refractivity contribution in [2.45, 2.75) is 31.8 Å². The molecule has 2 atom stereocenters. The van der Waals surface area contributed by atoms with Crippen LogP contribution in [0.3, 0.4) is 0 Å². The normalized spacial score (nSPS) is 32.0. The number of carbonyl (C=O) groups excluding carboxylic acids is 1. The van der Waals surface area contributed by atoms with Gasteiger partial charge in [-0.15, -0.1) is 0 Å². The highest BCUT2D eigenvalue weighted by atomic mass is 19.1. The van der Waals surface area contributed by atoms with Crippen LogP contribution in [-0.4, -0.2) is 35.1 Å². The molecule has 0 N–H and O–H groups in total.